The summed E-state index contributed by atoms with van der Waals surface area (Å²) in [5, 5.41) is 10.5. The molecule has 0 saturated heterocycles. The third-order valence-electron chi connectivity index (χ3n) is 3.91. The van der Waals surface area contributed by atoms with Gasteiger partial charge in [-0.2, -0.15) is 10.2 Å². The maximum absolute atomic E-state index is 9.49. The molecule has 3 aromatic rings. The van der Waals surface area contributed by atoms with Crippen LogP contribution < -0.4 is 20.9 Å². The molecule has 142 valence electrons. The van der Waals surface area contributed by atoms with Crippen LogP contribution in [0.15, 0.2) is 36.4 Å². The van der Waals surface area contributed by atoms with Crippen LogP contribution in [0.4, 0.5) is 11.8 Å². The van der Waals surface area contributed by atoms with Crippen LogP contribution in [0.5, 0.6) is 11.5 Å². The lowest BCUT2D eigenvalue weighted by Crippen LogP contribution is -2.06. The van der Waals surface area contributed by atoms with Crippen molar-refractivity contribution >= 4 is 35.0 Å². The Morgan fingerprint density at radius 3 is 2.61 bits per heavy atom. The molecule has 0 fully saturated rings. The number of nitrogens with zero attached hydrogens (tertiary/aromatic N) is 3. The molecule has 9 heteroatoms. The fraction of sp³-hybridized carbons (Fsp3) is 0.105. The van der Waals surface area contributed by atoms with E-state index in [1.165, 1.54) is 7.11 Å². The molecule has 0 aliphatic heterocycles. The molecule has 0 saturated carbocycles. The smallest absolute Gasteiger partial charge is 0.222 e. The van der Waals surface area contributed by atoms with Crippen LogP contribution in [0.3, 0.4) is 0 Å². The van der Waals surface area contributed by atoms with E-state index < -0.39 is 0 Å². The fourth-order valence-corrected chi connectivity index (χ4v) is 3.06. The molecule has 0 atom stereocenters. The molecule has 0 spiro atoms. The van der Waals surface area contributed by atoms with Gasteiger partial charge in [0.2, 0.25) is 5.95 Å². The van der Waals surface area contributed by atoms with Gasteiger partial charge in [0.25, 0.3) is 0 Å². The topological polar surface area (TPSA) is 120 Å². The van der Waals surface area contributed by atoms with Gasteiger partial charge in [0.05, 0.1) is 12.8 Å². The van der Waals surface area contributed by atoms with Crippen LogP contribution in [0.1, 0.15) is 11.1 Å². The lowest BCUT2D eigenvalue weighted by atomic mass is 10.1. The predicted molar refractivity (Wildman–Crippen MR) is 108 cm³/mol. The molecule has 0 aliphatic rings. The largest absolute Gasteiger partial charge is 0.493 e. The van der Waals surface area contributed by atoms with Crippen molar-refractivity contribution < 1.29 is 9.47 Å². The molecule has 3 rings (SSSR count). The second-order valence-electron chi connectivity index (χ2n) is 5.66. The van der Waals surface area contributed by atoms with E-state index in [-0.39, 0.29) is 29.6 Å². The second kappa shape index (κ2) is 8.21. The number of ether oxygens (including phenoxy) is 2. The number of para-hydroxylation sites is 1. The van der Waals surface area contributed by atoms with Gasteiger partial charge in [0.15, 0.2) is 11.5 Å². The van der Waals surface area contributed by atoms with Crippen LogP contribution in [0.25, 0.3) is 11.3 Å². The molecule has 28 heavy (non-hydrogen) atoms. The van der Waals surface area contributed by atoms with Crippen LogP contribution in [0, 0.1) is 11.3 Å². The number of nitriles is 1. The predicted octanol–water partition coefficient (Wildman–Crippen LogP) is 4.07. The fourth-order valence-electron chi connectivity index (χ4n) is 2.60. The molecule has 1 heterocycles. The van der Waals surface area contributed by atoms with Gasteiger partial charge in [0, 0.05) is 21.2 Å². The third-order valence-corrected chi connectivity index (χ3v) is 4.49. The number of methoxy groups -OCH3 is 1. The van der Waals surface area contributed by atoms with E-state index in [0.717, 1.165) is 5.56 Å². The summed E-state index contributed by atoms with van der Waals surface area (Å²) in [5.41, 5.74) is 13.1. The quantitative estimate of drug-likeness (QED) is 0.643. The Hall–Kier alpha value is -3.21. The van der Waals surface area contributed by atoms with E-state index in [1.807, 2.05) is 6.07 Å². The van der Waals surface area contributed by atoms with Crippen molar-refractivity contribution in [1.82, 2.24) is 9.97 Å². The highest BCUT2D eigenvalue weighted by molar-refractivity contribution is 6.35. The van der Waals surface area contributed by atoms with Gasteiger partial charge >= 0.3 is 0 Å². The minimum Gasteiger partial charge on any atom is -0.493 e. The van der Waals surface area contributed by atoms with E-state index in [4.69, 9.17) is 44.1 Å². The van der Waals surface area contributed by atoms with Gasteiger partial charge in [0.1, 0.15) is 24.1 Å². The van der Waals surface area contributed by atoms with Crippen molar-refractivity contribution in [3.05, 3.63) is 57.6 Å². The summed E-state index contributed by atoms with van der Waals surface area (Å²) in [4.78, 5) is 8.02. The Morgan fingerprint density at radius 2 is 1.93 bits per heavy atom. The Labute approximate surface area is 171 Å². The number of nitrogen functional groups attached to an aromatic ring is 2. The number of nitrogens with two attached hydrogens (primary N) is 2. The lowest BCUT2D eigenvalue weighted by Gasteiger charge is -2.16. The zero-order valence-electron chi connectivity index (χ0n) is 14.7. The van der Waals surface area contributed by atoms with Gasteiger partial charge in [-0.1, -0.05) is 35.3 Å². The first kappa shape index (κ1) is 19.5. The molecule has 0 amide bonds. The molecule has 4 N–H and O–H groups in total. The Balaban J connectivity index is 2.09. The maximum atomic E-state index is 9.49. The Kier molecular flexibility index (Phi) is 5.73. The number of aromatic nitrogens is 2. The van der Waals surface area contributed by atoms with Crippen molar-refractivity contribution in [2.24, 2.45) is 0 Å². The standard InChI is InChI=1S/C19H15Cl2N5O2/c1-27-15-4-2-3-12(16-13(8-22)18(23)26-19(24)25-16)17(15)28-9-10-5-6-11(20)7-14(10)21/h2-7H,9H2,1H3,(H4,23,24,25,26). The first-order chi connectivity index (χ1) is 13.4. The minimum atomic E-state index is -0.0546. The highest BCUT2D eigenvalue weighted by Crippen LogP contribution is 2.40. The van der Waals surface area contributed by atoms with Crippen molar-refractivity contribution in [2.75, 3.05) is 18.6 Å². The second-order valence-corrected chi connectivity index (χ2v) is 6.51. The van der Waals surface area contributed by atoms with Gasteiger partial charge in [-0.25, -0.2) is 4.98 Å². The van der Waals surface area contributed by atoms with Crippen LogP contribution in [-0.2, 0) is 6.61 Å². The third kappa shape index (κ3) is 3.88. The normalized spacial score (nSPS) is 10.4. The van der Waals surface area contributed by atoms with Gasteiger partial charge in [-0.05, 0) is 24.3 Å². The summed E-state index contributed by atoms with van der Waals surface area (Å²) in [5.74, 6) is 0.743. The molecular formula is C19H15Cl2N5O2. The highest BCUT2D eigenvalue weighted by Gasteiger charge is 2.20. The Morgan fingerprint density at radius 1 is 1.14 bits per heavy atom. The SMILES string of the molecule is COc1cccc(-c2nc(N)nc(N)c2C#N)c1OCc1ccc(Cl)cc1Cl. The molecule has 1 aromatic heterocycles. The number of benzene rings is 2. The summed E-state index contributed by atoms with van der Waals surface area (Å²) in [7, 11) is 1.51. The molecule has 0 bridgehead atoms. The monoisotopic (exact) mass is 415 g/mol. The first-order valence-corrected chi connectivity index (χ1v) is 8.77. The van der Waals surface area contributed by atoms with Crippen molar-refractivity contribution in [1.29, 1.82) is 5.26 Å². The van der Waals surface area contributed by atoms with Gasteiger partial charge in [-0.3, -0.25) is 0 Å². The molecule has 0 radical (unpaired) electrons. The molecule has 0 unspecified atom stereocenters. The average molecular weight is 416 g/mol. The Bertz CT molecular complexity index is 1080. The number of anilines is 2. The van der Waals surface area contributed by atoms with Crippen molar-refractivity contribution in [3.8, 4) is 28.8 Å². The summed E-state index contributed by atoms with van der Waals surface area (Å²) < 4.78 is 11.4. The van der Waals surface area contributed by atoms with Gasteiger partial charge < -0.3 is 20.9 Å². The van der Waals surface area contributed by atoms with Crippen LogP contribution in [0.2, 0.25) is 10.0 Å². The van der Waals surface area contributed by atoms with E-state index in [9.17, 15) is 5.26 Å². The van der Waals surface area contributed by atoms with E-state index in [1.54, 1.807) is 36.4 Å². The van der Waals surface area contributed by atoms with E-state index in [2.05, 4.69) is 9.97 Å². The molecule has 2 aromatic carbocycles. The number of hydrogen-bond acceptors (Lipinski definition) is 7. The summed E-state index contributed by atoms with van der Waals surface area (Å²) in [6, 6.07) is 12.3. The minimum absolute atomic E-state index is 0.0143. The zero-order valence-corrected chi connectivity index (χ0v) is 16.3. The molecule has 7 nitrogen and oxygen atoms in total. The summed E-state index contributed by atoms with van der Waals surface area (Å²) >= 11 is 12.2. The first-order valence-electron chi connectivity index (χ1n) is 8.01. The van der Waals surface area contributed by atoms with Crippen LogP contribution in [-0.4, -0.2) is 17.1 Å². The van der Waals surface area contributed by atoms with Crippen molar-refractivity contribution in [3.63, 3.8) is 0 Å². The summed E-state index contributed by atoms with van der Waals surface area (Å²) in [6.07, 6.45) is 0. The number of rotatable bonds is 5. The highest BCUT2D eigenvalue weighted by atomic mass is 35.5. The maximum Gasteiger partial charge on any atom is 0.222 e. The zero-order chi connectivity index (χ0) is 20.3. The number of halogens is 2. The number of hydrogen-bond donors (Lipinski definition) is 2. The molecular weight excluding hydrogens is 401 g/mol. The van der Waals surface area contributed by atoms with Crippen LogP contribution >= 0.6 is 23.2 Å². The van der Waals surface area contributed by atoms with E-state index in [0.29, 0.717) is 27.1 Å². The lowest BCUT2D eigenvalue weighted by molar-refractivity contribution is 0.286. The summed E-state index contributed by atoms with van der Waals surface area (Å²) in [6.45, 7) is 0.140. The average Bonchev–Trinajstić information content (AvgIpc) is 2.66. The molecule has 0 aliphatic carbocycles. The van der Waals surface area contributed by atoms with Gasteiger partial charge in [-0.15, -0.1) is 0 Å². The van der Waals surface area contributed by atoms with Crippen molar-refractivity contribution in [2.45, 2.75) is 6.61 Å². The van der Waals surface area contributed by atoms with E-state index >= 15 is 0 Å².